The van der Waals surface area contributed by atoms with E-state index >= 15 is 0 Å². The average Bonchev–Trinajstić information content (AvgIpc) is 2.41. The Morgan fingerprint density at radius 3 is 2.55 bits per heavy atom. The van der Waals surface area contributed by atoms with Crippen molar-refractivity contribution in [1.82, 2.24) is 5.32 Å². The van der Waals surface area contributed by atoms with E-state index in [1.165, 1.54) is 6.07 Å². The molecule has 2 atom stereocenters. The molecule has 2 N–H and O–H groups in total. The lowest BCUT2D eigenvalue weighted by Crippen LogP contribution is -2.31. The van der Waals surface area contributed by atoms with Crippen LogP contribution in [0.3, 0.4) is 0 Å². The number of carbonyl (C=O) groups is 1. The van der Waals surface area contributed by atoms with Crippen LogP contribution in [0.15, 0.2) is 12.1 Å². The van der Waals surface area contributed by atoms with E-state index in [2.05, 4.69) is 10.6 Å². The molecule has 7 nitrogen and oxygen atoms in total. The lowest BCUT2D eigenvalue weighted by molar-refractivity contribution is -0.385. The number of nitro benzene ring substituents is 1. The molecule has 0 spiro atoms. The van der Waals surface area contributed by atoms with Crippen LogP contribution in [0.25, 0.3) is 0 Å². The molecule has 1 rings (SSSR count). The van der Waals surface area contributed by atoms with Crippen molar-refractivity contribution < 1.29 is 13.9 Å². The summed E-state index contributed by atoms with van der Waals surface area (Å²) in [6.45, 7) is 5.67. The van der Waals surface area contributed by atoms with E-state index in [0.29, 0.717) is 24.2 Å². The summed E-state index contributed by atoms with van der Waals surface area (Å²) < 4.78 is 11.2. The maximum Gasteiger partial charge on any atom is 0.319 e. The zero-order valence-corrected chi connectivity index (χ0v) is 14.0. The van der Waals surface area contributed by atoms with Gasteiger partial charge in [0.05, 0.1) is 10.6 Å². The van der Waals surface area contributed by atoms with E-state index in [1.807, 2.05) is 6.92 Å². The third-order valence-electron chi connectivity index (χ3n) is 3.39. The molecule has 1 aromatic carbocycles. The summed E-state index contributed by atoms with van der Waals surface area (Å²) in [6, 6.07) is 2.58. The van der Waals surface area contributed by atoms with E-state index in [9.17, 15) is 19.1 Å². The number of hydrogen-bond donors (Lipinski definition) is 2. The standard InChI is InChI=1S/C14H21N3O4S/c1-9-7-10(2)13(17(19)20)8-12(9)16-14(18)15-6-5-11(3)22(4)21/h7-8,11H,5-6H2,1-4H3,(H2,15,16,18)/t11-,22-/m0/s1. The lowest BCUT2D eigenvalue weighted by Gasteiger charge is -2.12. The summed E-state index contributed by atoms with van der Waals surface area (Å²) in [4.78, 5) is 22.3. The number of nitrogens with one attached hydrogen (secondary N) is 2. The molecule has 0 unspecified atom stereocenters. The third-order valence-corrected chi connectivity index (χ3v) is 4.76. The Hall–Kier alpha value is -1.96. The maximum absolute atomic E-state index is 11.8. The van der Waals surface area contributed by atoms with Crippen molar-refractivity contribution in [2.75, 3.05) is 18.1 Å². The first-order valence-electron chi connectivity index (χ1n) is 6.85. The van der Waals surface area contributed by atoms with Crippen LogP contribution in [0.5, 0.6) is 0 Å². The summed E-state index contributed by atoms with van der Waals surface area (Å²) in [5.74, 6) is 0. The highest BCUT2D eigenvalue weighted by Crippen LogP contribution is 2.26. The van der Waals surface area contributed by atoms with Gasteiger partial charge < -0.3 is 10.6 Å². The van der Waals surface area contributed by atoms with Crippen LogP contribution >= 0.6 is 0 Å². The van der Waals surface area contributed by atoms with Crippen LogP contribution in [0.2, 0.25) is 0 Å². The van der Waals surface area contributed by atoms with Crippen molar-refractivity contribution in [2.24, 2.45) is 0 Å². The van der Waals surface area contributed by atoms with Gasteiger partial charge in [-0.25, -0.2) is 4.79 Å². The quantitative estimate of drug-likeness (QED) is 0.619. The number of rotatable bonds is 6. The molecule has 0 aliphatic heterocycles. The minimum absolute atomic E-state index is 0.00231. The first-order chi connectivity index (χ1) is 10.2. The SMILES string of the molecule is Cc1cc(C)c([N+](=O)[O-])cc1NC(=O)NCC[C@H](C)[S@](C)=O. The van der Waals surface area contributed by atoms with Crippen LogP contribution in [0.4, 0.5) is 16.2 Å². The molecule has 122 valence electrons. The average molecular weight is 327 g/mol. The Balaban J connectivity index is 2.66. The number of nitro groups is 1. The van der Waals surface area contributed by atoms with Crippen molar-refractivity contribution in [3.63, 3.8) is 0 Å². The van der Waals surface area contributed by atoms with Crippen LogP contribution in [-0.2, 0) is 10.8 Å². The molecule has 0 saturated carbocycles. The minimum atomic E-state index is -0.924. The molecular formula is C14H21N3O4S. The number of aryl methyl sites for hydroxylation is 2. The fraction of sp³-hybridized carbons (Fsp3) is 0.500. The van der Waals surface area contributed by atoms with E-state index in [-0.39, 0.29) is 10.9 Å². The van der Waals surface area contributed by atoms with Gasteiger partial charge in [-0.05, 0) is 31.9 Å². The second kappa shape index (κ2) is 7.88. The highest BCUT2D eigenvalue weighted by atomic mass is 32.2. The van der Waals surface area contributed by atoms with Gasteiger partial charge in [0, 0.05) is 40.5 Å². The number of anilines is 1. The van der Waals surface area contributed by atoms with Gasteiger partial charge in [0.25, 0.3) is 5.69 Å². The van der Waals surface area contributed by atoms with Crippen molar-refractivity contribution in [1.29, 1.82) is 0 Å². The van der Waals surface area contributed by atoms with Gasteiger partial charge in [0.2, 0.25) is 0 Å². The second-order valence-corrected chi connectivity index (χ2v) is 6.99. The van der Waals surface area contributed by atoms with Crippen molar-refractivity contribution in [3.8, 4) is 0 Å². The Morgan fingerprint density at radius 1 is 1.36 bits per heavy atom. The highest BCUT2D eigenvalue weighted by Gasteiger charge is 2.15. The normalized spacial score (nSPS) is 13.3. The molecule has 22 heavy (non-hydrogen) atoms. The number of urea groups is 1. The Morgan fingerprint density at radius 2 is 2.00 bits per heavy atom. The molecule has 0 bridgehead atoms. The zero-order chi connectivity index (χ0) is 16.9. The van der Waals surface area contributed by atoms with Crippen molar-refractivity contribution in [2.45, 2.75) is 32.4 Å². The van der Waals surface area contributed by atoms with Gasteiger partial charge in [-0.2, -0.15) is 0 Å². The monoisotopic (exact) mass is 327 g/mol. The number of nitrogens with zero attached hydrogens (tertiary/aromatic N) is 1. The molecule has 1 aromatic rings. The summed E-state index contributed by atoms with van der Waals surface area (Å²) in [5, 5.41) is 16.2. The highest BCUT2D eigenvalue weighted by molar-refractivity contribution is 7.84. The third kappa shape index (κ3) is 5.10. The Labute approximate surface area is 132 Å². The van der Waals surface area contributed by atoms with Gasteiger partial charge in [0.15, 0.2) is 0 Å². The number of hydrogen-bond acceptors (Lipinski definition) is 4. The number of carbonyl (C=O) groups excluding carboxylic acids is 1. The molecule has 0 fully saturated rings. The summed E-state index contributed by atoms with van der Waals surface area (Å²) in [7, 11) is -0.924. The summed E-state index contributed by atoms with van der Waals surface area (Å²) in [6.07, 6.45) is 2.23. The van der Waals surface area contributed by atoms with E-state index in [1.54, 1.807) is 26.2 Å². The second-order valence-electron chi connectivity index (χ2n) is 5.19. The fourth-order valence-corrected chi connectivity index (χ4v) is 2.34. The van der Waals surface area contributed by atoms with E-state index in [4.69, 9.17) is 0 Å². The van der Waals surface area contributed by atoms with Crippen LogP contribution in [0, 0.1) is 24.0 Å². The first-order valence-corrected chi connectivity index (χ1v) is 8.47. The van der Waals surface area contributed by atoms with Gasteiger partial charge in [-0.1, -0.05) is 6.92 Å². The molecule has 8 heteroatoms. The number of amides is 2. The predicted octanol–water partition coefficient (Wildman–Crippen LogP) is 2.49. The summed E-state index contributed by atoms with van der Waals surface area (Å²) >= 11 is 0. The molecule has 0 aliphatic rings. The smallest absolute Gasteiger partial charge is 0.319 e. The van der Waals surface area contributed by atoms with E-state index < -0.39 is 21.8 Å². The van der Waals surface area contributed by atoms with E-state index in [0.717, 1.165) is 5.56 Å². The molecule has 0 heterocycles. The molecular weight excluding hydrogens is 306 g/mol. The topological polar surface area (TPSA) is 101 Å². The molecule has 0 aromatic heterocycles. The van der Waals surface area contributed by atoms with Gasteiger partial charge in [-0.3, -0.25) is 14.3 Å². The molecule has 0 aliphatic carbocycles. The van der Waals surface area contributed by atoms with Crippen LogP contribution in [0.1, 0.15) is 24.5 Å². The predicted molar refractivity (Wildman–Crippen MR) is 87.7 cm³/mol. The Kier molecular flexibility index (Phi) is 6.48. The lowest BCUT2D eigenvalue weighted by atomic mass is 10.1. The Bertz CT molecular complexity index is 604. The van der Waals surface area contributed by atoms with Gasteiger partial charge >= 0.3 is 6.03 Å². The van der Waals surface area contributed by atoms with Crippen molar-refractivity contribution in [3.05, 3.63) is 33.4 Å². The van der Waals surface area contributed by atoms with Crippen molar-refractivity contribution >= 4 is 28.2 Å². The minimum Gasteiger partial charge on any atom is -0.338 e. The van der Waals surface area contributed by atoms with Crippen LogP contribution < -0.4 is 10.6 Å². The summed E-state index contributed by atoms with van der Waals surface area (Å²) in [5.41, 5.74) is 1.67. The first kappa shape index (κ1) is 18.1. The molecule has 0 saturated heterocycles. The van der Waals surface area contributed by atoms with Gasteiger partial charge in [-0.15, -0.1) is 0 Å². The molecule has 0 radical (unpaired) electrons. The maximum atomic E-state index is 11.8. The largest absolute Gasteiger partial charge is 0.338 e. The zero-order valence-electron chi connectivity index (χ0n) is 13.1. The van der Waals surface area contributed by atoms with Gasteiger partial charge in [0.1, 0.15) is 0 Å². The fourth-order valence-electron chi connectivity index (χ4n) is 1.89. The van der Waals surface area contributed by atoms with Crippen LogP contribution in [-0.4, -0.2) is 33.2 Å². The number of benzene rings is 1. The molecule has 2 amide bonds.